The molecule has 106 heavy (non-hydrogen) atoms. The minimum Gasteiger partial charge on any atom is -0.756 e. The van der Waals surface area contributed by atoms with Crippen molar-refractivity contribution in [2.24, 2.45) is 0 Å². The minimum absolute atomic E-state index is 0.0313. The zero-order chi connectivity index (χ0) is 76.8. The first kappa shape index (κ1) is 102. The highest BCUT2D eigenvalue weighted by Crippen LogP contribution is 2.38. The molecule has 0 fully saturated rings. The number of rotatable bonds is 83. The molecule has 0 radical (unpaired) electrons. The van der Waals surface area contributed by atoms with Crippen LogP contribution < -0.4 is 4.89 Å². The van der Waals surface area contributed by atoms with Gasteiger partial charge in [0.2, 0.25) is 0 Å². The van der Waals surface area contributed by atoms with Gasteiger partial charge in [-0.2, -0.15) is 0 Å². The Morgan fingerprint density at radius 2 is 0.509 bits per heavy atom. The topological polar surface area (TPSA) is 111 Å². The molecular weight excluding hydrogens is 1330 g/mol. The van der Waals surface area contributed by atoms with Gasteiger partial charge in [-0.25, -0.2) is 0 Å². The van der Waals surface area contributed by atoms with Crippen LogP contribution in [0.1, 0.15) is 412 Å². The molecule has 0 aromatic rings. The molecule has 0 bridgehead atoms. The Labute approximate surface area is 657 Å². The Balaban J connectivity index is 3.88. The fourth-order valence-electron chi connectivity index (χ4n) is 12.9. The number of quaternary nitrogens is 1. The second-order valence-electron chi connectivity index (χ2n) is 31.2. The molecule has 0 aliphatic carbocycles. The molecule has 0 heterocycles. The number of allylic oxidation sites excluding steroid dienone is 22. The fraction of sp³-hybridized carbons (Fsp3) is 0.750. The van der Waals surface area contributed by atoms with E-state index >= 15 is 0 Å². The molecule has 0 amide bonds. The van der Waals surface area contributed by atoms with Crippen LogP contribution in [0.3, 0.4) is 0 Å². The number of carbonyl (C=O) groups excluding carboxylic acids is 2. The maximum absolute atomic E-state index is 12.9. The Morgan fingerprint density at radius 1 is 0.292 bits per heavy atom. The van der Waals surface area contributed by atoms with Crippen LogP contribution in [0, 0.1) is 0 Å². The average molecular weight is 1500 g/mol. The van der Waals surface area contributed by atoms with E-state index in [-0.39, 0.29) is 32.0 Å². The predicted octanol–water partition coefficient (Wildman–Crippen LogP) is 30.0. The van der Waals surface area contributed by atoms with Crippen molar-refractivity contribution < 1.29 is 42.1 Å². The summed E-state index contributed by atoms with van der Waals surface area (Å²) in [7, 11) is 1.18. The maximum atomic E-state index is 12.9. The van der Waals surface area contributed by atoms with E-state index in [2.05, 4.69) is 148 Å². The highest BCUT2D eigenvalue weighted by Gasteiger charge is 2.22. The van der Waals surface area contributed by atoms with E-state index in [1.807, 2.05) is 21.1 Å². The van der Waals surface area contributed by atoms with Crippen molar-refractivity contribution in [2.45, 2.75) is 418 Å². The molecule has 0 aliphatic heterocycles. The van der Waals surface area contributed by atoms with Gasteiger partial charge in [0.1, 0.15) is 19.8 Å². The molecule has 612 valence electrons. The van der Waals surface area contributed by atoms with Gasteiger partial charge in [0.05, 0.1) is 27.7 Å². The first-order chi connectivity index (χ1) is 52.0. The van der Waals surface area contributed by atoms with E-state index in [1.54, 1.807) is 0 Å². The monoisotopic (exact) mass is 1500 g/mol. The first-order valence-corrected chi connectivity index (χ1v) is 46.4. The lowest BCUT2D eigenvalue weighted by Crippen LogP contribution is -2.37. The highest BCUT2D eigenvalue weighted by molar-refractivity contribution is 7.45. The SMILES string of the molecule is CC/C=C\C/C=C\C/C=C\C/C=C\C/C=C\C/C=C\C/C=C\CCCCCCCCCCCCCCCCCCCCCC(=O)OC(COC(=O)CCCCCCCCCCCCCCCCCCCCCCCCCCCCCC/C=C\C/C=C\C/C=C\C/C=C\CC)COP(=O)([O-])OCC[N+](C)(C)C. The maximum Gasteiger partial charge on any atom is 0.306 e. The summed E-state index contributed by atoms with van der Waals surface area (Å²) in [5, 5.41) is 0. The lowest BCUT2D eigenvalue weighted by Gasteiger charge is -2.28. The van der Waals surface area contributed by atoms with Gasteiger partial charge in [-0.1, -0.05) is 424 Å². The molecule has 0 N–H and O–H groups in total. The summed E-state index contributed by atoms with van der Waals surface area (Å²) in [5.41, 5.74) is 0. The van der Waals surface area contributed by atoms with Crippen LogP contribution in [0.15, 0.2) is 134 Å². The molecular formula is C96H170NO8P. The van der Waals surface area contributed by atoms with Crippen LogP contribution in [0.5, 0.6) is 0 Å². The van der Waals surface area contributed by atoms with Crippen molar-refractivity contribution in [3.63, 3.8) is 0 Å². The van der Waals surface area contributed by atoms with E-state index in [9.17, 15) is 19.0 Å². The molecule has 0 saturated heterocycles. The van der Waals surface area contributed by atoms with Crippen molar-refractivity contribution in [1.29, 1.82) is 0 Å². The number of hydrogen-bond acceptors (Lipinski definition) is 8. The van der Waals surface area contributed by atoms with Crippen LogP contribution in [-0.2, 0) is 32.7 Å². The van der Waals surface area contributed by atoms with Crippen molar-refractivity contribution in [1.82, 2.24) is 0 Å². The molecule has 0 aliphatic rings. The second kappa shape index (κ2) is 85.2. The van der Waals surface area contributed by atoms with Crippen molar-refractivity contribution in [3.8, 4) is 0 Å². The largest absolute Gasteiger partial charge is 0.756 e. The van der Waals surface area contributed by atoms with Gasteiger partial charge >= 0.3 is 11.9 Å². The zero-order valence-corrected chi connectivity index (χ0v) is 71.0. The van der Waals surface area contributed by atoms with Crippen molar-refractivity contribution in [2.75, 3.05) is 47.5 Å². The van der Waals surface area contributed by atoms with E-state index < -0.39 is 26.5 Å². The molecule has 9 nitrogen and oxygen atoms in total. The molecule has 0 aromatic heterocycles. The van der Waals surface area contributed by atoms with E-state index in [0.717, 1.165) is 109 Å². The summed E-state index contributed by atoms with van der Waals surface area (Å²) in [4.78, 5) is 38.3. The van der Waals surface area contributed by atoms with Crippen LogP contribution in [-0.4, -0.2) is 70.0 Å². The van der Waals surface area contributed by atoms with Gasteiger partial charge in [0.25, 0.3) is 7.82 Å². The number of ether oxygens (including phenoxy) is 2. The summed E-state index contributed by atoms with van der Waals surface area (Å²) in [5.74, 6) is -0.815. The minimum atomic E-state index is -4.65. The number of hydrogen-bond donors (Lipinski definition) is 0. The third-order valence-corrected chi connectivity index (χ3v) is 20.6. The molecule has 2 atom stereocenters. The van der Waals surface area contributed by atoms with Gasteiger partial charge in [0.15, 0.2) is 6.10 Å². The molecule has 2 unspecified atom stereocenters. The summed E-state index contributed by atoms with van der Waals surface area (Å²) in [6.45, 7) is 4.07. The quantitative estimate of drug-likeness (QED) is 0.0195. The second-order valence-corrected chi connectivity index (χ2v) is 32.6. The number of phosphoric ester groups is 1. The third kappa shape index (κ3) is 89.0. The standard InChI is InChI=1S/C96H170NO8P/c1-6-8-10-12-14-16-18-20-22-24-26-28-30-32-34-36-38-40-42-44-46-48-50-52-54-56-58-60-62-64-66-68-70-72-74-76-78-80-82-84-86-88-95(98)102-92-94(93-104-106(100,101)103-91-90-97(3,4)5)105-96(99)89-87-85-83-81-79-77-75-73-71-69-67-65-63-61-59-57-55-53-51-49-47-45-43-41-39-37-35-33-31-29-27-25-23-21-19-17-15-13-11-9-7-2/h8-11,14-17,20-23,26-29,33,35,39,41,45,47,94H,6-7,12-13,18-19,24-25,30-32,34,36-38,40,42-44,46,48-93H2,1-5H3/b10-8-,11-9-,16-14-,17-15-,22-20-,23-21-,28-26-,29-27-,35-33-,41-39-,47-45-. The van der Waals surface area contributed by atoms with Crippen LogP contribution >= 0.6 is 7.82 Å². The smallest absolute Gasteiger partial charge is 0.306 e. The van der Waals surface area contributed by atoms with E-state index in [0.29, 0.717) is 17.4 Å². The first-order valence-electron chi connectivity index (χ1n) is 44.9. The lowest BCUT2D eigenvalue weighted by atomic mass is 10.0. The number of nitrogens with zero attached hydrogens (tertiary/aromatic N) is 1. The molecule has 0 saturated carbocycles. The summed E-state index contributed by atoms with van der Waals surface area (Å²) in [6.07, 6.45) is 125. The number of likely N-dealkylation sites (N-methyl/N-ethyl adjacent to an activating group) is 1. The normalized spacial score (nSPS) is 13.6. The lowest BCUT2D eigenvalue weighted by molar-refractivity contribution is -0.870. The van der Waals surface area contributed by atoms with Crippen molar-refractivity contribution in [3.05, 3.63) is 134 Å². The Bertz CT molecular complexity index is 2260. The van der Waals surface area contributed by atoms with Crippen LogP contribution in [0.25, 0.3) is 0 Å². The highest BCUT2D eigenvalue weighted by atomic mass is 31.2. The fourth-order valence-corrected chi connectivity index (χ4v) is 13.7. The third-order valence-electron chi connectivity index (χ3n) is 19.7. The summed E-state index contributed by atoms with van der Waals surface area (Å²) < 4.78 is 34.5. The number of phosphoric acid groups is 1. The van der Waals surface area contributed by atoms with Gasteiger partial charge in [-0.3, -0.25) is 14.2 Å². The summed E-state index contributed by atoms with van der Waals surface area (Å²) in [6, 6.07) is 0. The molecule has 10 heteroatoms. The van der Waals surface area contributed by atoms with Gasteiger partial charge in [-0.05, 0) is 109 Å². The Hall–Kier alpha value is -3.85. The Kier molecular flexibility index (Phi) is 82.1. The molecule has 0 rings (SSSR count). The molecule has 0 aromatic carbocycles. The van der Waals surface area contributed by atoms with Crippen LogP contribution in [0.4, 0.5) is 0 Å². The van der Waals surface area contributed by atoms with E-state index in [4.69, 9.17) is 18.5 Å². The number of carbonyl (C=O) groups is 2. The number of esters is 2. The van der Waals surface area contributed by atoms with Crippen LogP contribution in [0.2, 0.25) is 0 Å². The van der Waals surface area contributed by atoms with Gasteiger partial charge in [0, 0.05) is 12.8 Å². The van der Waals surface area contributed by atoms with Gasteiger partial charge in [-0.15, -0.1) is 0 Å². The molecule has 0 spiro atoms. The van der Waals surface area contributed by atoms with E-state index in [1.165, 1.54) is 270 Å². The van der Waals surface area contributed by atoms with Gasteiger partial charge < -0.3 is 27.9 Å². The Morgan fingerprint density at radius 3 is 0.755 bits per heavy atom. The number of unbranched alkanes of at least 4 members (excludes halogenated alkanes) is 47. The zero-order valence-electron chi connectivity index (χ0n) is 70.1. The average Bonchev–Trinajstić information content (AvgIpc) is 0.908. The predicted molar refractivity (Wildman–Crippen MR) is 461 cm³/mol. The summed E-state index contributed by atoms with van der Waals surface area (Å²) >= 11 is 0. The van der Waals surface area contributed by atoms with Crippen molar-refractivity contribution >= 4 is 19.8 Å².